The van der Waals surface area contributed by atoms with Gasteiger partial charge in [-0.05, 0) is 63.1 Å². The molecule has 1 aromatic rings. The van der Waals surface area contributed by atoms with Crippen LogP contribution in [-0.2, 0) is 13.0 Å². The molecule has 1 saturated heterocycles. The third kappa shape index (κ3) is 3.32. The van der Waals surface area contributed by atoms with Gasteiger partial charge >= 0.3 is 0 Å². The summed E-state index contributed by atoms with van der Waals surface area (Å²) in [5.41, 5.74) is 2.63. The maximum Gasteiger partial charge on any atom is 0.129 e. The highest BCUT2D eigenvalue weighted by Crippen LogP contribution is 2.25. The minimum atomic E-state index is 0.632. The molecule has 0 bridgehead atoms. The Morgan fingerprint density at radius 3 is 2.80 bits per heavy atom. The van der Waals surface area contributed by atoms with Crippen LogP contribution in [0.25, 0.3) is 0 Å². The van der Waals surface area contributed by atoms with Gasteiger partial charge in [0.15, 0.2) is 0 Å². The third-order valence-corrected chi connectivity index (χ3v) is 4.56. The van der Waals surface area contributed by atoms with Crippen LogP contribution in [0.3, 0.4) is 0 Å². The summed E-state index contributed by atoms with van der Waals surface area (Å²) in [6.45, 7) is 6.69. The quantitative estimate of drug-likeness (QED) is 0.892. The summed E-state index contributed by atoms with van der Waals surface area (Å²) in [6, 6.07) is 5.97. The molecule has 0 radical (unpaired) electrons. The first kappa shape index (κ1) is 13.9. The molecule has 1 aromatic heterocycles. The second-order valence-electron chi connectivity index (χ2n) is 6.37. The Hall–Kier alpha value is -1.09. The number of aromatic nitrogens is 1. The van der Waals surface area contributed by atoms with Crippen molar-refractivity contribution < 1.29 is 0 Å². The Balaban J connectivity index is 1.78. The van der Waals surface area contributed by atoms with Gasteiger partial charge in [0, 0.05) is 30.9 Å². The molecule has 2 fully saturated rings. The highest BCUT2D eigenvalue weighted by atomic mass is 15.2. The molecule has 0 amide bonds. The molecular formula is C17H27N3. The molecular weight excluding hydrogens is 246 g/mol. The molecule has 1 aliphatic carbocycles. The summed E-state index contributed by atoms with van der Waals surface area (Å²) in [5, 5.41) is 3.62. The molecule has 1 atom stereocenters. The first-order valence-electron chi connectivity index (χ1n) is 8.26. The van der Waals surface area contributed by atoms with Gasteiger partial charge in [0.1, 0.15) is 5.82 Å². The van der Waals surface area contributed by atoms with Gasteiger partial charge in [-0.1, -0.05) is 6.92 Å². The first-order valence-corrected chi connectivity index (χ1v) is 8.26. The fraction of sp³-hybridized carbons (Fsp3) is 0.706. The normalized spacial score (nSPS) is 23.1. The lowest BCUT2D eigenvalue weighted by Crippen LogP contribution is -2.38. The van der Waals surface area contributed by atoms with Crippen LogP contribution in [0, 0.1) is 0 Å². The van der Waals surface area contributed by atoms with E-state index in [-0.39, 0.29) is 0 Å². The summed E-state index contributed by atoms with van der Waals surface area (Å²) >= 11 is 0. The lowest BCUT2D eigenvalue weighted by atomic mass is 10.0. The zero-order valence-corrected chi connectivity index (χ0v) is 12.9. The second kappa shape index (κ2) is 6.13. The highest BCUT2D eigenvalue weighted by molar-refractivity contribution is 5.44. The minimum absolute atomic E-state index is 0.632. The van der Waals surface area contributed by atoms with Gasteiger partial charge < -0.3 is 10.2 Å². The number of hydrogen-bond acceptors (Lipinski definition) is 3. The fourth-order valence-electron chi connectivity index (χ4n) is 3.05. The number of anilines is 1. The first-order chi connectivity index (χ1) is 9.76. The number of hydrogen-bond donors (Lipinski definition) is 1. The number of rotatable bonds is 5. The smallest absolute Gasteiger partial charge is 0.129 e. The molecule has 3 nitrogen and oxygen atoms in total. The molecule has 1 saturated carbocycles. The molecule has 1 N–H and O–H groups in total. The van der Waals surface area contributed by atoms with E-state index in [1.54, 1.807) is 0 Å². The topological polar surface area (TPSA) is 28.2 Å². The van der Waals surface area contributed by atoms with Gasteiger partial charge in [0.25, 0.3) is 0 Å². The summed E-state index contributed by atoms with van der Waals surface area (Å²) in [6.07, 6.45) is 7.68. The summed E-state index contributed by atoms with van der Waals surface area (Å²) in [4.78, 5) is 7.37. The van der Waals surface area contributed by atoms with E-state index in [1.165, 1.54) is 49.2 Å². The van der Waals surface area contributed by atoms with Crippen molar-refractivity contribution in [1.29, 1.82) is 0 Å². The van der Waals surface area contributed by atoms with E-state index in [4.69, 9.17) is 4.98 Å². The van der Waals surface area contributed by atoms with Crippen molar-refractivity contribution in [3.8, 4) is 0 Å². The lowest BCUT2D eigenvalue weighted by molar-refractivity contribution is 0.480. The van der Waals surface area contributed by atoms with E-state index in [2.05, 4.69) is 36.2 Å². The van der Waals surface area contributed by atoms with Crippen LogP contribution in [0.5, 0.6) is 0 Å². The minimum Gasteiger partial charge on any atom is -0.354 e. The molecule has 0 aromatic carbocycles. The average Bonchev–Trinajstić information content (AvgIpc) is 3.29. The second-order valence-corrected chi connectivity index (χ2v) is 6.37. The number of aryl methyl sites for hydroxylation is 1. The molecule has 20 heavy (non-hydrogen) atoms. The van der Waals surface area contributed by atoms with Gasteiger partial charge in [-0.15, -0.1) is 0 Å². The maximum atomic E-state index is 4.87. The number of nitrogens with one attached hydrogen (secondary N) is 1. The molecule has 1 unspecified atom stereocenters. The van der Waals surface area contributed by atoms with E-state index >= 15 is 0 Å². The Labute approximate surface area is 122 Å². The van der Waals surface area contributed by atoms with E-state index in [0.29, 0.717) is 6.04 Å². The fourth-order valence-corrected chi connectivity index (χ4v) is 3.05. The van der Waals surface area contributed by atoms with Gasteiger partial charge in [0.05, 0.1) is 0 Å². The Morgan fingerprint density at radius 1 is 1.25 bits per heavy atom. The largest absolute Gasteiger partial charge is 0.354 e. The van der Waals surface area contributed by atoms with Crippen LogP contribution < -0.4 is 10.2 Å². The van der Waals surface area contributed by atoms with Crippen molar-refractivity contribution in [1.82, 2.24) is 10.3 Å². The Bertz CT molecular complexity index is 454. The molecule has 1 aliphatic heterocycles. The zero-order valence-electron chi connectivity index (χ0n) is 12.9. The van der Waals surface area contributed by atoms with E-state index in [0.717, 1.165) is 25.6 Å². The van der Waals surface area contributed by atoms with E-state index in [1.807, 2.05) is 0 Å². The van der Waals surface area contributed by atoms with Gasteiger partial charge in [0.2, 0.25) is 0 Å². The maximum absolute atomic E-state index is 4.87. The van der Waals surface area contributed by atoms with Crippen LogP contribution in [0.1, 0.15) is 57.2 Å². The molecule has 2 aliphatic rings. The molecule has 0 spiro atoms. The number of piperidine rings is 1. The summed E-state index contributed by atoms with van der Waals surface area (Å²) in [5.74, 6) is 1.20. The average molecular weight is 273 g/mol. The zero-order chi connectivity index (χ0) is 13.9. The standard InChI is InChI=1S/C17H27N3/c1-3-15-10-14(12-18-16-7-8-16)11-17(19-15)20-9-5-4-6-13(20)2/h10-11,13,16,18H,3-9,12H2,1-2H3. The summed E-state index contributed by atoms with van der Waals surface area (Å²) in [7, 11) is 0. The van der Waals surface area contributed by atoms with E-state index in [9.17, 15) is 0 Å². The number of pyridine rings is 1. The van der Waals surface area contributed by atoms with Crippen LogP contribution in [0.2, 0.25) is 0 Å². The lowest BCUT2D eigenvalue weighted by Gasteiger charge is -2.35. The third-order valence-electron chi connectivity index (χ3n) is 4.56. The monoisotopic (exact) mass is 273 g/mol. The SMILES string of the molecule is CCc1cc(CNC2CC2)cc(N2CCCCC2C)n1. The van der Waals surface area contributed by atoms with E-state index < -0.39 is 0 Å². The van der Waals surface area contributed by atoms with Crippen molar-refractivity contribution in [2.75, 3.05) is 11.4 Å². The van der Waals surface area contributed by atoms with Crippen molar-refractivity contribution in [3.63, 3.8) is 0 Å². The van der Waals surface area contributed by atoms with Crippen molar-refractivity contribution in [2.24, 2.45) is 0 Å². The Morgan fingerprint density at radius 2 is 2.10 bits per heavy atom. The Kier molecular flexibility index (Phi) is 4.25. The van der Waals surface area contributed by atoms with Crippen LogP contribution >= 0.6 is 0 Å². The van der Waals surface area contributed by atoms with Gasteiger partial charge in [-0.25, -0.2) is 4.98 Å². The molecule has 2 heterocycles. The van der Waals surface area contributed by atoms with Gasteiger partial charge in [-0.3, -0.25) is 0 Å². The molecule has 110 valence electrons. The number of nitrogens with zero attached hydrogens (tertiary/aromatic N) is 2. The predicted molar refractivity (Wildman–Crippen MR) is 84.1 cm³/mol. The molecule has 3 rings (SSSR count). The van der Waals surface area contributed by atoms with Gasteiger partial charge in [-0.2, -0.15) is 0 Å². The molecule has 3 heteroatoms. The predicted octanol–water partition coefficient (Wildman–Crippen LogP) is 3.27. The highest BCUT2D eigenvalue weighted by Gasteiger charge is 2.22. The van der Waals surface area contributed by atoms with Crippen molar-refractivity contribution >= 4 is 5.82 Å². The summed E-state index contributed by atoms with van der Waals surface area (Å²) < 4.78 is 0. The van der Waals surface area contributed by atoms with Crippen LogP contribution in [0.4, 0.5) is 5.82 Å². The van der Waals surface area contributed by atoms with Crippen molar-refractivity contribution in [2.45, 2.75) is 71.0 Å². The van der Waals surface area contributed by atoms with Crippen molar-refractivity contribution in [3.05, 3.63) is 23.4 Å². The van der Waals surface area contributed by atoms with Crippen LogP contribution in [0.15, 0.2) is 12.1 Å². The van der Waals surface area contributed by atoms with Crippen LogP contribution in [-0.4, -0.2) is 23.6 Å².